The van der Waals surface area contributed by atoms with Gasteiger partial charge in [-0.3, -0.25) is 0 Å². The summed E-state index contributed by atoms with van der Waals surface area (Å²) in [5.41, 5.74) is 1.60. The molecule has 60 valence electrons. The van der Waals surface area contributed by atoms with Gasteiger partial charge in [0.25, 0.3) is 0 Å². The van der Waals surface area contributed by atoms with Gasteiger partial charge >= 0.3 is 0 Å². The lowest BCUT2D eigenvalue weighted by molar-refractivity contribution is 0.328. The largest absolute Gasteiger partial charge is 0.458 e. The van der Waals surface area contributed by atoms with E-state index in [1.54, 1.807) is 0 Å². The Kier molecular flexibility index (Phi) is 3.38. The standard InChI is InChI=1S/C10H14O/c1-7(2)9(5)11-10(6)8(3)4/h1,3,5-6H2,2,4H3. The minimum absolute atomic E-state index is 0.540. The zero-order valence-corrected chi connectivity index (χ0v) is 7.24. The first kappa shape index (κ1) is 9.76. The molecule has 1 nitrogen and oxygen atoms in total. The molecule has 0 spiro atoms. The lowest BCUT2D eigenvalue weighted by Gasteiger charge is -2.09. The van der Waals surface area contributed by atoms with Crippen LogP contribution in [0, 0.1) is 0 Å². The van der Waals surface area contributed by atoms with Gasteiger partial charge < -0.3 is 4.74 Å². The van der Waals surface area contributed by atoms with E-state index in [0.29, 0.717) is 11.5 Å². The van der Waals surface area contributed by atoms with Crippen molar-refractivity contribution in [2.75, 3.05) is 0 Å². The van der Waals surface area contributed by atoms with Crippen molar-refractivity contribution >= 4 is 0 Å². The Hall–Kier alpha value is -1.24. The third kappa shape index (κ3) is 3.46. The van der Waals surface area contributed by atoms with E-state index >= 15 is 0 Å². The predicted molar refractivity (Wildman–Crippen MR) is 49.0 cm³/mol. The molecule has 0 fully saturated rings. The van der Waals surface area contributed by atoms with Crippen LogP contribution in [0.15, 0.2) is 49.0 Å². The van der Waals surface area contributed by atoms with Gasteiger partial charge in [-0.2, -0.15) is 0 Å². The van der Waals surface area contributed by atoms with Crippen LogP contribution in [0.3, 0.4) is 0 Å². The summed E-state index contributed by atoms with van der Waals surface area (Å²) in [6, 6.07) is 0. The van der Waals surface area contributed by atoms with Crippen LogP contribution >= 0.6 is 0 Å². The molecule has 0 aliphatic rings. The SMILES string of the molecule is C=C(C)C(=C)OC(=C)C(=C)C. The Morgan fingerprint density at radius 1 is 0.818 bits per heavy atom. The lowest BCUT2D eigenvalue weighted by Crippen LogP contribution is -1.91. The normalized spacial score (nSPS) is 8.55. The van der Waals surface area contributed by atoms with Crippen molar-refractivity contribution in [1.29, 1.82) is 0 Å². The highest BCUT2D eigenvalue weighted by atomic mass is 16.5. The van der Waals surface area contributed by atoms with Gasteiger partial charge in [0.05, 0.1) is 0 Å². The molecule has 0 unspecified atom stereocenters. The van der Waals surface area contributed by atoms with Crippen LogP contribution < -0.4 is 0 Å². The van der Waals surface area contributed by atoms with E-state index in [9.17, 15) is 0 Å². The fourth-order valence-corrected chi connectivity index (χ4v) is 0.323. The van der Waals surface area contributed by atoms with E-state index in [0.717, 1.165) is 11.1 Å². The number of ether oxygens (including phenoxy) is 1. The molecular formula is C10H14O. The van der Waals surface area contributed by atoms with Crippen LogP contribution in [-0.2, 0) is 4.74 Å². The summed E-state index contributed by atoms with van der Waals surface area (Å²) in [4.78, 5) is 0. The average molecular weight is 150 g/mol. The van der Waals surface area contributed by atoms with Crippen molar-refractivity contribution in [1.82, 2.24) is 0 Å². The Bertz CT molecular complexity index is 197. The van der Waals surface area contributed by atoms with Gasteiger partial charge in [-0.1, -0.05) is 26.3 Å². The number of hydrogen-bond acceptors (Lipinski definition) is 1. The summed E-state index contributed by atoms with van der Waals surface area (Å²) in [6.45, 7) is 18.3. The van der Waals surface area contributed by atoms with Gasteiger partial charge in [-0.15, -0.1) is 0 Å². The second kappa shape index (κ2) is 3.81. The monoisotopic (exact) mass is 150 g/mol. The molecule has 0 rings (SSSR count). The average Bonchev–Trinajstić information content (AvgIpc) is 1.87. The van der Waals surface area contributed by atoms with Gasteiger partial charge in [-0.25, -0.2) is 0 Å². The molecule has 0 N–H and O–H groups in total. The van der Waals surface area contributed by atoms with Crippen LogP contribution in [-0.4, -0.2) is 0 Å². The Labute approximate surface area is 68.4 Å². The second-order valence-electron chi connectivity index (χ2n) is 2.51. The zero-order valence-electron chi connectivity index (χ0n) is 7.24. The van der Waals surface area contributed by atoms with E-state index in [4.69, 9.17) is 4.74 Å². The molecule has 0 aliphatic heterocycles. The first-order chi connectivity index (χ1) is 4.95. The molecule has 1 heteroatoms. The first-order valence-corrected chi connectivity index (χ1v) is 3.32. The molecule has 0 aromatic heterocycles. The summed E-state index contributed by atoms with van der Waals surface area (Å²) in [7, 11) is 0. The molecule has 0 heterocycles. The minimum Gasteiger partial charge on any atom is -0.458 e. The van der Waals surface area contributed by atoms with Crippen LogP contribution in [0.1, 0.15) is 13.8 Å². The van der Waals surface area contributed by atoms with Crippen LogP contribution in [0.25, 0.3) is 0 Å². The highest BCUT2D eigenvalue weighted by Gasteiger charge is 1.99. The van der Waals surface area contributed by atoms with E-state index in [2.05, 4.69) is 26.3 Å². The summed E-state index contributed by atoms with van der Waals surface area (Å²) >= 11 is 0. The van der Waals surface area contributed by atoms with E-state index in [-0.39, 0.29) is 0 Å². The molecular weight excluding hydrogens is 136 g/mol. The van der Waals surface area contributed by atoms with E-state index in [1.807, 2.05) is 13.8 Å². The first-order valence-electron chi connectivity index (χ1n) is 3.32. The molecule has 0 bridgehead atoms. The fraction of sp³-hybridized carbons (Fsp3) is 0.200. The molecule has 0 aromatic rings. The summed E-state index contributed by atoms with van der Waals surface area (Å²) in [5, 5.41) is 0. The molecule has 11 heavy (non-hydrogen) atoms. The molecule has 0 atom stereocenters. The molecule has 0 aromatic carbocycles. The van der Waals surface area contributed by atoms with Gasteiger partial charge in [0.2, 0.25) is 0 Å². The van der Waals surface area contributed by atoms with Crippen molar-refractivity contribution in [3.63, 3.8) is 0 Å². The highest BCUT2D eigenvalue weighted by Crippen LogP contribution is 2.14. The van der Waals surface area contributed by atoms with Gasteiger partial charge in [-0.05, 0) is 25.0 Å². The molecule has 0 radical (unpaired) electrons. The maximum Gasteiger partial charge on any atom is 0.122 e. The maximum atomic E-state index is 5.19. The van der Waals surface area contributed by atoms with Gasteiger partial charge in [0, 0.05) is 0 Å². The topological polar surface area (TPSA) is 9.23 Å². The van der Waals surface area contributed by atoms with Crippen LogP contribution in [0.4, 0.5) is 0 Å². The van der Waals surface area contributed by atoms with Crippen molar-refractivity contribution in [2.24, 2.45) is 0 Å². The zero-order chi connectivity index (χ0) is 9.02. The van der Waals surface area contributed by atoms with Crippen molar-refractivity contribution in [3.8, 4) is 0 Å². The molecule has 0 amide bonds. The highest BCUT2D eigenvalue weighted by molar-refractivity contribution is 5.24. The van der Waals surface area contributed by atoms with Crippen LogP contribution in [0.2, 0.25) is 0 Å². The lowest BCUT2D eigenvalue weighted by atomic mass is 10.3. The minimum atomic E-state index is 0.540. The van der Waals surface area contributed by atoms with Gasteiger partial charge in [0.1, 0.15) is 11.5 Å². The van der Waals surface area contributed by atoms with E-state index in [1.165, 1.54) is 0 Å². The van der Waals surface area contributed by atoms with Crippen molar-refractivity contribution in [2.45, 2.75) is 13.8 Å². The summed E-state index contributed by atoms with van der Waals surface area (Å²) in [6.07, 6.45) is 0. The number of hydrogen-bond donors (Lipinski definition) is 0. The van der Waals surface area contributed by atoms with Gasteiger partial charge in [0.15, 0.2) is 0 Å². The van der Waals surface area contributed by atoms with E-state index < -0.39 is 0 Å². The number of rotatable bonds is 4. The quantitative estimate of drug-likeness (QED) is 0.441. The second-order valence-corrected chi connectivity index (χ2v) is 2.51. The maximum absolute atomic E-state index is 5.19. The molecule has 0 aliphatic carbocycles. The Balaban J connectivity index is 4.07. The van der Waals surface area contributed by atoms with Crippen LogP contribution in [0.5, 0.6) is 0 Å². The smallest absolute Gasteiger partial charge is 0.122 e. The Morgan fingerprint density at radius 3 is 1.27 bits per heavy atom. The number of allylic oxidation sites excluding steroid dienone is 2. The predicted octanol–water partition coefficient (Wildman–Crippen LogP) is 3.18. The fourth-order valence-electron chi connectivity index (χ4n) is 0.323. The van der Waals surface area contributed by atoms with Crippen molar-refractivity contribution in [3.05, 3.63) is 49.0 Å². The third-order valence-electron chi connectivity index (χ3n) is 1.20. The van der Waals surface area contributed by atoms with Crippen molar-refractivity contribution < 1.29 is 4.74 Å². The summed E-state index contributed by atoms with van der Waals surface area (Å²) < 4.78 is 5.19. The molecule has 0 saturated heterocycles. The summed E-state index contributed by atoms with van der Waals surface area (Å²) in [5.74, 6) is 1.08. The molecule has 0 saturated carbocycles. The Morgan fingerprint density at radius 2 is 1.09 bits per heavy atom. The third-order valence-corrected chi connectivity index (χ3v) is 1.20.